The number of nitrogens with one attached hydrogen (secondary N) is 1. The summed E-state index contributed by atoms with van der Waals surface area (Å²) in [5, 5.41) is 17.4. The lowest BCUT2D eigenvalue weighted by molar-refractivity contribution is 0.209. The van der Waals surface area contributed by atoms with Gasteiger partial charge in [0, 0.05) is 6.07 Å². The fourth-order valence-electron chi connectivity index (χ4n) is 0.605. The van der Waals surface area contributed by atoms with Crippen LogP contribution in [0.3, 0.4) is 0 Å². The summed E-state index contributed by atoms with van der Waals surface area (Å²) in [6, 6.07) is 2.97. The molecule has 0 saturated carbocycles. The molecule has 1 amide bonds. The molecule has 1 heterocycles. The van der Waals surface area contributed by atoms with Crippen LogP contribution in [0.2, 0.25) is 0 Å². The van der Waals surface area contributed by atoms with Crippen LogP contribution in [-0.2, 0) is 0 Å². The molecule has 6 heteroatoms. The SMILES string of the molecule is COc1ccc(NC(=O)O)nn1. The van der Waals surface area contributed by atoms with E-state index < -0.39 is 6.09 Å². The molecule has 12 heavy (non-hydrogen) atoms. The number of carboxylic acid groups (broad SMARTS) is 1. The summed E-state index contributed by atoms with van der Waals surface area (Å²) in [5.74, 6) is 0.509. The molecule has 0 bridgehead atoms. The maximum Gasteiger partial charge on any atom is 0.410 e. The molecule has 0 fully saturated rings. The van der Waals surface area contributed by atoms with Crippen LogP contribution >= 0.6 is 0 Å². The van der Waals surface area contributed by atoms with E-state index in [2.05, 4.69) is 10.2 Å². The van der Waals surface area contributed by atoms with Crippen LogP contribution in [0, 0.1) is 0 Å². The Morgan fingerprint density at radius 2 is 2.33 bits per heavy atom. The molecule has 0 unspecified atom stereocenters. The monoisotopic (exact) mass is 169 g/mol. The normalized spacial score (nSPS) is 9.08. The van der Waals surface area contributed by atoms with E-state index in [4.69, 9.17) is 9.84 Å². The molecule has 0 aliphatic heterocycles. The van der Waals surface area contributed by atoms with E-state index in [9.17, 15) is 4.79 Å². The second-order valence-corrected chi connectivity index (χ2v) is 1.89. The number of ether oxygens (including phenoxy) is 1. The topological polar surface area (TPSA) is 84.3 Å². The lowest BCUT2D eigenvalue weighted by atomic mass is 10.5. The number of carbonyl (C=O) groups is 1. The third-order valence-corrected chi connectivity index (χ3v) is 1.08. The van der Waals surface area contributed by atoms with E-state index >= 15 is 0 Å². The van der Waals surface area contributed by atoms with E-state index in [0.29, 0.717) is 5.88 Å². The van der Waals surface area contributed by atoms with E-state index in [1.807, 2.05) is 5.32 Å². The summed E-state index contributed by atoms with van der Waals surface area (Å²) in [6.07, 6.45) is -1.17. The summed E-state index contributed by atoms with van der Waals surface area (Å²) in [4.78, 5) is 10.1. The Balaban J connectivity index is 2.71. The number of amides is 1. The van der Waals surface area contributed by atoms with Crippen molar-refractivity contribution in [3.63, 3.8) is 0 Å². The van der Waals surface area contributed by atoms with Crippen LogP contribution in [-0.4, -0.2) is 28.5 Å². The van der Waals surface area contributed by atoms with Crippen LogP contribution in [0.1, 0.15) is 0 Å². The van der Waals surface area contributed by atoms with Gasteiger partial charge in [-0.15, -0.1) is 10.2 Å². The smallest absolute Gasteiger partial charge is 0.410 e. The molecule has 0 aliphatic carbocycles. The van der Waals surface area contributed by atoms with E-state index in [1.165, 1.54) is 19.2 Å². The van der Waals surface area contributed by atoms with E-state index in [-0.39, 0.29) is 5.82 Å². The molecule has 0 saturated heterocycles. The molecule has 6 nitrogen and oxygen atoms in total. The third kappa shape index (κ3) is 2.08. The molecular weight excluding hydrogens is 162 g/mol. The van der Waals surface area contributed by atoms with Crippen LogP contribution < -0.4 is 10.1 Å². The Labute approximate surface area is 68.2 Å². The van der Waals surface area contributed by atoms with Crippen molar-refractivity contribution >= 4 is 11.9 Å². The second kappa shape index (κ2) is 3.51. The molecule has 1 aromatic rings. The Kier molecular flexibility index (Phi) is 2.42. The van der Waals surface area contributed by atoms with Gasteiger partial charge < -0.3 is 9.84 Å². The van der Waals surface area contributed by atoms with Gasteiger partial charge >= 0.3 is 6.09 Å². The van der Waals surface area contributed by atoms with Crippen LogP contribution in [0.25, 0.3) is 0 Å². The molecule has 2 N–H and O–H groups in total. The third-order valence-electron chi connectivity index (χ3n) is 1.08. The van der Waals surface area contributed by atoms with Crippen LogP contribution in [0.15, 0.2) is 12.1 Å². The number of rotatable bonds is 2. The first-order chi connectivity index (χ1) is 5.72. The fraction of sp³-hybridized carbons (Fsp3) is 0.167. The van der Waals surface area contributed by atoms with Crippen molar-refractivity contribution in [1.82, 2.24) is 10.2 Å². The van der Waals surface area contributed by atoms with Crippen molar-refractivity contribution in [2.75, 3.05) is 12.4 Å². The first-order valence-corrected chi connectivity index (χ1v) is 3.10. The summed E-state index contributed by atoms with van der Waals surface area (Å²) >= 11 is 0. The summed E-state index contributed by atoms with van der Waals surface area (Å²) < 4.78 is 4.73. The Morgan fingerprint density at radius 1 is 1.58 bits per heavy atom. The van der Waals surface area contributed by atoms with Gasteiger partial charge in [-0.1, -0.05) is 0 Å². The minimum atomic E-state index is -1.17. The number of aromatic nitrogens is 2. The van der Waals surface area contributed by atoms with Gasteiger partial charge in [-0.3, -0.25) is 5.32 Å². The highest BCUT2D eigenvalue weighted by Crippen LogP contribution is 2.06. The van der Waals surface area contributed by atoms with Crippen molar-refractivity contribution in [2.45, 2.75) is 0 Å². The van der Waals surface area contributed by atoms with Gasteiger partial charge in [0.25, 0.3) is 0 Å². The standard InChI is InChI=1S/C6H7N3O3/c1-12-5-3-2-4(8-9-5)7-6(10)11/h2-3H,1H3,(H,7,8)(H,10,11). The zero-order valence-corrected chi connectivity index (χ0v) is 6.31. The Morgan fingerprint density at radius 3 is 2.75 bits per heavy atom. The summed E-state index contributed by atoms with van der Waals surface area (Å²) in [6.45, 7) is 0. The van der Waals surface area contributed by atoms with Gasteiger partial charge in [-0.2, -0.15) is 0 Å². The number of methoxy groups -OCH3 is 1. The van der Waals surface area contributed by atoms with Gasteiger partial charge in [0.15, 0.2) is 5.82 Å². The average molecular weight is 169 g/mol. The molecule has 0 radical (unpaired) electrons. The van der Waals surface area contributed by atoms with Gasteiger partial charge in [0.1, 0.15) is 0 Å². The Hall–Kier alpha value is -1.85. The molecule has 1 aromatic heterocycles. The maximum absolute atomic E-state index is 10.1. The van der Waals surface area contributed by atoms with Crippen LogP contribution in [0.5, 0.6) is 5.88 Å². The molecule has 0 aromatic carbocycles. The number of hydrogen-bond acceptors (Lipinski definition) is 4. The molecule has 0 spiro atoms. The average Bonchev–Trinajstić information content (AvgIpc) is 2.05. The highest BCUT2D eigenvalue weighted by molar-refractivity contribution is 5.81. The molecule has 1 rings (SSSR count). The van der Waals surface area contributed by atoms with Crippen molar-refractivity contribution in [1.29, 1.82) is 0 Å². The van der Waals surface area contributed by atoms with E-state index in [1.54, 1.807) is 0 Å². The molecule has 64 valence electrons. The van der Waals surface area contributed by atoms with Crippen molar-refractivity contribution < 1.29 is 14.6 Å². The second-order valence-electron chi connectivity index (χ2n) is 1.89. The molecular formula is C6H7N3O3. The summed E-state index contributed by atoms with van der Waals surface area (Å²) in [7, 11) is 1.45. The zero-order chi connectivity index (χ0) is 8.97. The fourth-order valence-corrected chi connectivity index (χ4v) is 0.605. The van der Waals surface area contributed by atoms with Crippen molar-refractivity contribution in [2.24, 2.45) is 0 Å². The van der Waals surface area contributed by atoms with Gasteiger partial charge in [-0.05, 0) is 6.07 Å². The van der Waals surface area contributed by atoms with Crippen molar-refractivity contribution in [3.8, 4) is 5.88 Å². The molecule has 0 atom stereocenters. The number of anilines is 1. The lowest BCUT2D eigenvalue weighted by Crippen LogP contribution is -2.09. The van der Waals surface area contributed by atoms with Crippen molar-refractivity contribution in [3.05, 3.63) is 12.1 Å². The quantitative estimate of drug-likeness (QED) is 0.676. The number of hydrogen-bond donors (Lipinski definition) is 2. The van der Waals surface area contributed by atoms with Gasteiger partial charge in [-0.25, -0.2) is 4.79 Å². The van der Waals surface area contributed by atoms with Crippen LogP contribution in [0.4, 0.5) is 10.6 Å². The minimum absolute atomic E-state index is 0.170. The molecule has 0 aliphatic rings. The maximum atomic E-state index is 10.1. The lowest BCUT2D eigenvalue weighted by Gasteiger charge is -1.99. The highest BCUT2D eigenvalue weighted by Gasteiger charge is 1.99. The zero-order valence-electron chi connectivity index (χ0n) is 6.31. The summed E-state index contributed by atoms with van der Waals surface area (Å²) in [5.41, 5.74) is 0. The first-order valence-electron chi connectivity index (χ1n) is 3.10. The van der Waals surface area contributed by atoms with E-state index in [0.717, 1.165) is 0 Å². The van der Waals surface area contributed by atoms with Gasteiger partial charge in [0.2, 0.25) is 5.88 Å². The highest BCUT2D eigenvalue weighted by atomic mass is 16.5. The first kappa shape index (κ1) is 8.25. The predicted molar refractivity (Wildman–Crippen MR) is 40.2 cm³/mol. The predicted octanol–water partition coefficient (Wildman–Crippen LogP) is 0.575. The number of nitrogens with zero attached hydrogens (tertiary/aromatic N) is 2. The van der Waals surface area contributed by atoms with Gasteiger partial charge in [0.05, 0.1) is 7.11 Å². The Bertz CT molecular complexity index is 272. The minimum Gasteiger partial charge on any atom is -0.480 e. The largest absolute Gasteiger partial charge is 0.480 e.